The average Bonchev–Trinajstić information content (AvgIpc) is 4.33. The van der Waals surface area contributed by atoms with Gasteiger partial charge in [0.05, 0.1) is 29.5 Å². The first-order valence-corrected chi connectivity index (χ1v) is 36.0. The van der Waals surface area contributed by atoms with E-state index < -0.39 is 12.2 Å². The lowest BCUT2D eigenvalue weighted by atomic mass is 10.0. The maximum absolute atomic E-state index is 11.3. The van der Waals surface area contributed by atoms with Crippen molar-refractivity contribution in [1.29, 1.82) is 0 Å². The van der Waals surface area contributed by atoms with Crippen LogP contribution in [0.3, 0.4) is 0 Å². The van der Waals surface area contributed by atoms with Crippen molar-refractivity contribution in [3.63, 3.8) is 0 Å². The van der Waals surface area contributed by atoms with Crippen molar-refractivity contribution in [3.8, 4) is 0 Å². The van der Waals surface area contributed by atoms with Crippen molar-refractivity contribution >= 4 is 39.8 Å². The Morgan fingerprint density at radius 1 is 0.388 bits per heavy atom. The number of rotatable bonds is 49. The summed E-state index contributed by atoms with van der Waals surface area (Å²) in [6.07, 6.45) is 57.4. The molecular weight excluding hydrogens is 1040 g/mol. The number of aliphatic hydroxyl groups is 4. The minimum Gasteiger partial charge on any atom is -0.467 e. The molecule has 0 radical (unpaired) electrons. The molecule has 4 unspecified atom stereocenters. The predicted octanol–water partition coefficient (Wildman–Crippen LogP) is 24.4. The van der Waals surface area contributed by atoms with E-state index in [1.807, 2.05) is 41.8 Å². The van der Waals surface area contributed by atoms with Gasteiger partial charge in [-0.2, -0.15) is 0 Å². The molecule has 0 aliphatic rings. The van der Waals surface area contributed by atoms with E-state index in [2.05, 4.69) is 46.8 Å². The van der Waals surface area contributed by atoms with Crippen molar-refractivity contribution in [2.24, 2.45) is 0 Å². The molecule has 462 valence electrons. The van der Waals surface area contributed by atoms with Crippen molar-refractivity contribution in [2.75, 3.05) is 0 Å². The SMILES string of the molecule is CCCCCCCCCCCCC(O)c1ccc(C(C)=O)s1.CCCCCCCCCCCCC(O)c1ccc(C)s1.CCCCCCCCCCCCC(O)c1ccco1.CCCCCCCCCCCCC(O)c1cccs1. The van der Waals surface area contributed by atoms with E-state index in [4.69, 9.17) is 4.42 Å². The Hall–Kier alpha value is -2.11. The fourth-order valence-electron chi connectivity index (χ4n) is 10.2. The standard InChI is InChI=1S/C19H32O2S.C18H32OS.C17H30O2.C17H30OS/c1-3-4-5-6-7-8-9-10-11-12-13-17(21)19-15-14-18(22-19)16(2)20;1-3-4-5-6-7-8-9-10-11-12-13-17(19)18-15-14-16(2)20-18;2*1-2-3-4-5-6-7-8-9-10-11-13-16(18)17-14-12-15-19-17/h14-15,17,21H,3-13H2,1-2H3;14-15,17,19H,3-13H2,1-2H3;2*12,14-16,18H,2-11,13H2,1H3. The first-order chi connectivity index (χ1) is 39.1. The highest BCUT2D eigenvalue weighted by molar-refractivity contribution is 7.14. The van der Waals surface area contributed by atoms with Gasteiger partial charge in [-0.1, -0.05) is 291 Å². The van der Waals surface area contributed by atoms with Gasteiger partial charge in [-0.05, 0) is 87.4 Å². The van der Waals surface area contributed by atoms with Gasteiger partial charge in [-0.25, -0.2) is 0 Å². The Bertz CT molecular complexity index is 1770. The van der Waals surface area contributed by atoms with Gasteiger partial charge in [0.1, 0.15) is 11.9 Å². The maximum Gasteiger partial charge on any atom is 0.169 e. The van der Waals surface area contributed by atoms with Gasteiger partial charge in [0.25, 0.3) is 0 Å². The zero-order valence-electron chi connectivity index (χ0n) is 52.5. The van der Waals surface area contributed by atoms with Crippen molar-refractivity contribution < 1.29 is 29.6 Å². The molecule has 0 fully saturated rings. The van der Waals surface area contributed by atoms with E-state index in [9.17, 15) is 25.2 Å². The lowest BCUT2D eigenvalue weighted by Crippen LogP contribution is -1.95. The van der Waals surface area contributed by atoms with E-state index in [1.54, 1.807) is 35.9 Å². The molecule has 0 saturated heterocycles. The van der Waals surface area contributed by atoms with E-state index in [0.29, 0.717) is 5.76 Å². The second-order valence-corrected chi connectivity index (χ2v) is 26.6. The largest absolute Gasteiger partial charge is 0.467 e. The zero-order valence-corrected chi connectivity index (χ0v) is 55.0. The molecule has 4 heterocycles. The molecule has 0 saturated carbocycles. The zero-order chi connectivity index (χ0) is 58.4. The maximum atomic E-state index is 11.3. The minimum absolute atomic E-state index is 0.0855. The number of ketones is 1. The fourth-order valence-corrected chi connectivity index (χ4v) is 12.8. The Balaban J connectivity index is 0.000000534. The third-order valence-electron chi connectivity index (χ3n) is 15.5. The molecule has 4 aromatic heterocycles. The number of unbranched alkanes of at least 4 members (excludes halogenated alkanes) is 36. The van der Waals surface area contributed by atoms with Gasteiger partial charge in [0.15, 0.2) is 5.78 Å². The minimum atomic E-state index is -0.413. The number of Topliss-reactive ketones (excluding diaryl/α,β-unsaturated/α-hetero) is 1. The van der Waals surface area contributed by atoms with Gasteiger partial charge in [-0.3, -0.25) is 4.79 Å². The van der Waals surface area contributed by atoms with E-state index in [-0.39, 0.29) is 18.0 Å². The summed E-state index contributed by atoms with van der Waals surface area (Å²) in [7, 11) is 0. The molecule has 4 N–H and O–H groups in total. The van der Waals surface area contributed by atoms with Crippen molar-refractivity contribution in [3.05, 3.63) is 90.3 Å². The molecule has 4 aromatic rings. The normalized spacial score (nSPS) is 12.7. The van der Waals surface area contributed by atoms with Gasteiger partial charge in [0.2, 0.25) is 0 Å². The molecule has 4 rings (SSSR count). The van der Waals surface area contributed by atoms with Crippen LogP contribution in [0, 0.1) is 6.92 Å². The van der Waals surface area contributed by atoms with Gasteiger partial charge < -0.3 is 24.8 Å². The second-order valence-electron chi connectivity index (χ2n) is 23.2. The summed E-state index contributed by atoms with van der Waals surface area (Å²) < 4.78 is 5.19. The topological polar surface area (TPSA) is 111 Å². The van der Waals surface area contributed by atoms with Crippen LogP contribution in [-0.2, 0) is 0 Å². The van der Waals surface area contributed by atoms with Crippen LogP contribution < -0.4 is 0 Å². The summed E-state index contributed by atoms with van der Waals surface area (Å²) in [6, 6.07) is 15.6. The second kappa shape index (κ2) is 56.0. The summed E-state index contributed by atoms with van der Waals surface area (Å²) in [5, 5.41) is 42.0. The first-order valence-electron chi connectivity index (χ1n) is 33.5. The fraction of sp³-hybridized carbons (Fsp3) is 0.761. The monoisotopic (exact) mass is 1170 g/mol. The van der Waals surface area contributed by atoms with Crippen LogP contribution in [0.25, 0.3) is 0 Å². The first kappa shape index (κ1) is 75.9. The number of hydrogen-bond acceptors (Lipinski definition) is 9. The molecular formula is C71H124O6S3. The molecule has 0 spiro atoms. The number of hydrogen-bond donors (Lipinski definition) is 4. The lowest BCUT2D eigenvalue weighted by Gasteiger charge is -2.08. The Kier molecular flexibility index (Phi) is 53.2. The van der Waals surface area contributed by atoms with Gasteiger partial charge in [0, 0.05) is 19.5 Å². The number of carbonyl (C=O) groups is 1. The number of thiophene rings is 3. The van der Waals surface area contributed by atoms with Crippen molar-refractivity contribution in [2.45, 2.75) is 348 Å². The molecule has 9 heteroatoms. The number of furan rings is 1. The smallest absolute Gasteiger partial charge is 0.169 e. The van der Waals surface area contributed by atoms with Crippen LogP contribution in [0.4, 0.5) is 0 Å². The number of aryl methyl sites for hydroxylation is 1. The van der Waals surface area contributed by atoms with Crippen LogP contribution >= 0.6 is 34.0 Å². The van der Waals surface area contributed by atoms with E-state index >= 15 is 0 Å². The molecule has 0 aliphatic carbocycles. The van der Waals surface area contributed by atoms with Crippen LogP contribution in [0.2, 0.25) is 0 Å². The van der Waals surface area contributed by atoms with Gasteiger partial charge in [-0.15, -0.1) is 34.0 Å². The molecule has 6 nitrogen and oxygen atoms in total. The summed E-state index contributed by atoms with van der Waals surface area (Å²) in [5.41, 5.74) is 0. The van der Waals surface area contributed by atoms with Crippen LogP contribution in [0.5, 0.6) is 0 Å². The lowest BCUT2D eigenvalue weighted by molar-refractivity contribution is 0.102. The molecule has 0 aliphatic heterocycles. The Labute approximate surface area is 505 Å². The van der Waals surface area contributed by atoms with Crippen molar-refractivity contribution in [1.82, 2.24) is 0 Å². The third-order valence-corrected chi connectivity index (χ3v) is 18.8. The summed E-state index contributed by atoms with van der Waals surface area (Å²) >= 11 is 4.82. The van der Waals surface area contributed by atoms with Crippen LogP contribution in [-0.4, -0.2) is 26.2 Å². The van der Waals surface area contributed by atoms with Crippen LogP contribution in [0.15, 0.2) is 64.6 Å². The summed E-state index contributed by atoms with van der Waals surface area (Å²) in [4.78, 5) is 16.5. The van der Waals surface area contributed by atoms with E-state index in [1.165, 1.54) is 247 Å². The molecule has 0 bridgehead atoms. The molecule has 4 atom stereocenters. The average molecular weight is 1170 g/mol. The highest BCUT2D eigenvalue weighted by atomic mass is 32.1. The number of carbonyl (C=O) groups excluding carboxylic acids is 1. The number of aliphatic hydroxyl groups excluding tert-OH is 4. The molecule has 0 aromatic carbocycles. The van der Waals surface area contributed by atoms with E-state index in [0.717, 1.165) is 70.9 Å². The molecule has 80 heavy (non-hydrogen) atoms. The summed E-state index contributed by atoms with van der Waals surface area (Å²) in [6.45, 7) is 12.7. The van der Waals surface area contributed by atoms with Gasteiger partial charge >= 0.3 is 0 Å². The highest BCUT2D eigenvalue weighted by Crippen LogP contribution is 2.29. The summed E-state index contributed by atoms with van der Waals surface area (Å²) in [5.74, 6) is 0.790. The molecule has 0 amide bonds. The third kappa shape index (κ3) is 44.4. The predicted molar refractivity (Wildman–Crippen MR) is 352 cm³/mol. The highest BCUT2D eigenvalue weighted by Gasteiger charge is 2.13. The Morgan fingerprint density at radius 3 is 1.00 bits per heavy atom. The Morgan fingerprint density at radius 2 is 0.713 bits per heavy atom. The quantitative estimate of drug-likeness (QED) is 0.0259. The van der Waals surface area contributed by atoms with Crippen LogP contribution in [0.1, 0.15) is 376 Å².